The van der Waals surface area contributed by atoms with Crippen molar-refractivity contribution in [2.45, 2.75) is 12.8 Å². The molecule has 1 N–H and O–H groups in total. The van der Waals surface area contributed by atoms with Crippen molar-refractivity contribution in [1.29, 1.82) is 0 Å². The summed E-state index contributed by atoms with van der Waals surface area (Å²) in [4.78, 5) is 26.6. The summed E-state index contributed by atoms with van der Waals surface area (Å²) < 4.78 is 5.44. The van der Waals surface area contributed by atoms with Gasteiger partial charge >= 0.3 is 6.09 Å². The molecule has 0 saturated heterocycles. The van der Waals surface area contributed by atoms with E-state index < -0.39 is 11.0 Å². The van der Waals surface area contributed by atoms with Crippen molar-refractivity contribution in [2.24, 2.45) is 0 Å². The second-order valence-electron chi connectivity index (χ2n) is 7.07. The van der Waals surface area contributed by atoms with Gasteiger partial charge in [0.1, 0.15) is 12.3 Å². The summed E-state index contributed by atoms with van der Waals surface area (Å²) in [5, 5.41) is 13.6. The zero-order valence-corrected chi connectivity index (χ0v) is 16.8. The van der Waals surface area contributed by atoms with Gasteiger partial charge in [0.05, 0.1) is 11.5 Å². The molecule has 7 heteroatoms. The molecule has 0 spiro atoms. The van der Waals surface area contributed by atoms with E-state index in [9.17, 15) is 14.9 Å². The number of nitrogens with one attached hydrogen (secondary N) is 1. The van der Waals surface area contributed by atoms with Gasteiger partial charge in [0, 0.05) is 23.7 Å². The molecule has 0 saturated carbocycles. The number of carbonyl (C=O) groups excluding carboxylic acids is 1. The minimum absolute atomic E-state index is 0.0107. The lowest BCUT2D eigenvalue weighted by molar-refractivity contribution is -0.385. The molecule has 0 aliphatic heterocycles. The standard InChI is InChI=1S/C24H19N3O4/c1-16-23(27(29)30)13-17(14-26-16)7-6-12-25-24(28)31-15-22-20-10-4-2-8-18(20)19-9-3-5-11-21(19)22/h2-5,8-11,13-14,22H,12,15H2,1H3,(H,25,28). The molecule has 1 amide bonds. The second-order valence-corrected chi connectivity index (χ2v) is 7.07. The Morgan fingerprint density at radius 2 is 1.81 bits per heavy atom. The van der Waals surface area contributed by atoms with E-state index in [-0.39, 0.29) is 24.8 Å². The molecule has 1 aromatic heterocycles. The summed E-state index contributed by atoms with van der Waals surface area (Å²) in [6, 6.07) is 17.6. The number of nitrogens with zero attached hydrogens (tertiary/aromatic N) is 2. The Kier molecular flexibility index (Phi) is 5.63. The normalized spacial score (nSPS) is 11.6. The van der Waals surface area contributed by atoms with Gasteiger partial charge in [-0.25, -0.2) is 4.79 Å². The average Bonchev–Trinajstić information content (AvgIpc) is 3.10. The number of aromatic nitrogens is 1. The maximum atomic E-state index is 12.1. The van der Waals surface area contributed by atoms with E-state index >= 15 is 0 Å². The van der Waals surface area contributed by atoms with E-state index in [4.69, 9.17) is 4.74 Å². The van der Waals surface area contributed by atoms with Crippen molar-refractivity contribution in [1.82, 2.24) is 10.3 Å². The highest BCUT2D eigenvalue weighted by Crippen LogP contribution is 2.44. The SMILES string of the molecule is Cc1ncc(C#CCNC(=O)OCC2c3ccccc3-c3ccccc32)cc1[N+](=O)[O-]. The van der Waals surface area contributed by atoms with E-state index in [1.54, 1.807) is 6.92 Å². The lowest BCUT2D eigenvalue weighted by Gasteiger charge is -2.14. The highest BCUT2D eigenvalue weighted by Gasteiger charge is 2.28. The summed E-state index contributed by atoms with van der Waals surface area (Å²) >= 11 is 0. The first-order chi connectivity index (χ1) is 15.0. The van der Waals surface area contributed by atoms with Crippen LogP contribution in [0.5, 0.6) is 0 Å². The molecule has 0 fully saturated rings. The summed E-state index contributed by atoms with van der Waals surface area (Å²) in [6.07, 6.45) is 0.895. The van der Waals surface area contributed by atoms with Gasteiger partial charge in [0.25, 0.3) is 5.69 Å². The Morgan fingerprint density at radius 1 is 1.16 bits per heavy atom. The van der Waals surface area contributed by atoms with E-state index in [0.29, 0.717) is 11.3 Å². The minimum atomic E-state index is -0.566. The van der Waals surface area contributed by atoms with Crippen molar-refractivity contribution < 1.29 is 14.5 Å². The third kappa shape index (κ3) is 4.23. The zero-order valence-electron chi connectivity index (χ0n) is 16.8. The summed E-state index contributed by atoms with van der Waals surface area (Å²) in [6.45, 7) is 1.84. The Balaban J connectivity index is 1.35. The van der Waals surface area contributed by atoms with Crippen molar-refractivity contribution in [3.63, 3.8) is 0 Å². The van der Waals surface area contributed by atoms with Crippen LogP contribution in [0.1, 0.15) is 28.3 Å². The number of hydrogen-bond donors (Lipinski definition) is 1. The maximum absolute atomic E-state index is 12.1. The maximum Gasteiger partial charge on any atom is 0.407 e. The second kappa shape index (κ2) is 8.67. The van der Waals surface area contributed by atoms with Gasteiger partial charge in [-0.05, 0) is 29.2 Å². The van der Waals surface area contributed by atoms with Crippen LogP contribution in [0.15, 0.2) is 60.8 Å². The van der Waals surface area contributed by atoms with Gasteiger partial charge in [-0.15, -0.1) is 0 Å². The number of fused-ring (bicyclic) bond motifs is 3. The molecule has 154 valence electrons. The molecule has 0 bridgehead atoms. The van der Waals surface area contributed by atoms with Crippen LogP contribution in [0.3, 0.4) is 0 Å². The lowest BCUT2D eigenvalue weighted by atomic mass is 9.98. The van der Waals surface area contributed by atoms with Gasteiger partial charge in [0.2, 0.25) is 0 Å². The number of amides is 1. The molecule has 0 radical (unpaired) electrons. The molecule has 1 heterocycles. The van der Waals surface area contributed by atoms with Gasteiger partial charge in [-0.1, -0.05) is 60.4 Å². The molecule has 31 heavy (non-hydrogen) atoms. The Bertz CT molecular complexity index is 1180. The Hall–Kier alpha value is -4.18. The van der Waals surface area contributed by atoms with E-state index in [2.05, 4.69) is 46.4 Å². The predicted octanol–water partition coefficient (Wildman–Crippen LogP) is 4.19. The fourth-order valence-corrected chi connectivity index (χ4v) is 3.69. The monoisotopic (exact) mass is 413 g/mol. The zero-order chi connectivity index (χ0) is 21.8. The number of pyridine rings is 1. The third-order valence-electron chi connectivity index (χ3n) is 5.15. The highest BCUT2D eigenvalue weighted by molar-refractivity contribution is 5.79. The highest BCUT2D eigenvalue weighted by atomic mass is 16.6. The van der Waals surface area contributed by atoms with Gasteiger partial charge in [-0.3, -0.25) is 15.1 Å². The van der Waals surface area contributed by atoms with Crippen LogP contribution in [-0.4, -0.2) is 29.2 Å². The number of ether oxygens (including phenoxy) is 1. The first kappa shape index (κ1) is 20.1. The molecule has 1 aliphatic rings. The van der Waals surface area contributed by atoms with Crippen molar-refractivity contribution in [2.75, 3.05) is 13.2 Å². The van der Waals surface area contributed by atoms with Crippen molar-refractivity contribution >= 4 is 11.8 Å². The lowest BCUT2D eigenvalue weighted by Crippen LogP contribution is -2.26. The molecule has 4 rings (SSSR count). The number of alkyl carbamates (subject to hydrolysis) is 1. The number of carbonyl (C=O) groups is 1. The van der Waals surface area contributed by atoms with Crippen molar-refractivity contribution in [3.05, 3.63) is 93.3 Å². The molecule has 0 unspecified atom stereocenters. The van der Waals surface area contributed by atoms with E-state index in [1.807, 2.05) is 24.3 Å². The van der Waals surface area contributed by atoms with E-state index in [0.717, 1.165) is 11.1 Å². The molecular weight excluding hydrogens is 394 g/mol. The van der Waals surface area contributed by atoms with Gasteiger partial charge in [0.15, 0.2) is 0 Å². The van der Waals surface area contributed by atoms with E-state index in [1.165, 1.54) is 23.4 Å². The van der Waals surface area contributed by atoms with Crippen molar-refractivity contribution in [3.8, 4) is 23.0 Å². The van der Waals surface area contributed by atoms with Gasteiger partial charge < -0.3 is 10.1 Å². The molecule has 1 aliphatic carbocycles. The molecular formula is C24H19N3O4. The first-order valence-corrected chi connectivity index (χ1v) is 9.73. The number of benzene rings is 2. The number of nitro groups is 1. The van der Waals surface area contributed by atoms with Crippen LogP contribution in [0, 0.1) is 28.9 Å². The predicted molar refractivity (Wildman–Crippen MR) is 116 cm³/mol. The third-order valence-corrected chi connectivity index (χ3v) is 5.15. The summed E-state index contributed by atoms with van der Waals surface area (Å²) in [5.74, 6) is 5.50. The topological polar surface area (TPSA) is 94.4 Å². The molecule has 0 atom stereocenters. The molecule has 3 aromatic rings. The average molecular weight is 413 g/mol. The van der Waals surface area contributed by atoms with Gasteiger partial charge in [-0.2, -0.15) is 0 Å². The number of rotatable bonds is 4. The number of hydrogen-bond acceptors (Lipinski definition) is 5. The number of aryl methyl sites for hydroxylation is 1. The smallest absolute Gasteiger partial charge is 0.407 e. The van der Waals surface area contributed by atoms with Crippen LogP contribution in [-0.2, 0) is 4.74 Å². The van der Waals surface area contributed by atoms with Crippen LogP contribution in [0.4, 0.5) is 10.5 Å². The van der Waals surface area contributed by atoms with Crippen LogP contribution < -0.4 is 5.32 Å². The molecule has 7 nitrogen and oxygen atoms in total. The van der Waals surface area contributed by atoms with Crippen LogP contribution in [0.25, 0.3) is 11.1 Å². The van der Waals surface area contributed by atoms with Crippen LogP contribution >= 0.6 is 0 Å². The summed E-state index contributed by atoms with van der Waals surface area (Å²) in [7, 11) is 0. The first-order valence-electron chi connectivity index (χ1n) is 9.73. The Labute approximate surface area is 179 Å². The molecule has 2 aromatic carbocycles. The minimum Gasteiger partial charge on any atom is -0.449 e. The van der Waals surface area contributed by atoms with Crippen LogP contribution in [0.2, 0.25) is 0 Å². The largest absolute Gasteiger partial charge is 0.449 e. The quantitative estimate of drug-likeness (QED) is 0.393. The summed E-state index contributed by atoms with van der Waals surface area (Å²) in [5.41, 5.74) is 5.27. The Morgan fingerprint density at radius 3 is 2.45 bits per heavy atom. The fourth-order valence-electron chi connectivity index (χ4n) is 3.69. The fraction of sp³-hybridized carbons (Fsp3) is 0.167.